The van der Waals surface area contributed by atoms with E-state index in [-0.39, 0.29) is 0 Å². The van der Waals surface area contributed by atoms with Gasteiger partial charge in [0, 0.05) is 56.9 Å². The van der Waals surface area contributed by atoms with Gasteiger partial charge in [0.2, 0.25) is 0 Å². The van der Waals surface area contributed by atoms with Crippen LogP contribution in [0.1, 0.15) is 44.3 Å². The van der Waals surface area contributed by atoms with Crippen molar-refractivity contribution >= 4 is 6.29 Å². The van der Waals surface area contributed by atoms with Crippen molar-refractivity contribution in [2.75, 3.05) is 6.54 Å². The van der Waals surface area contributed by atoms with Gasteiger partial charge in [-0.05, 0) is 22.3 Å². The van der Waals surface area contributed by atoms with Crippen LogP contribution < -0.4 is 0 Å². The fourth-order valence-electron chi connectivity index (χ4n) is 5.96. The minimum absolute atomic E-state index is 0.606. The Bertz CT molecular complexity index is 1650. The topological polar surface area (TPSA) is 56.0 Å². The fraction of sp³-hybridized carbons (Fsp3) is 0.162. The second kappa shape index (κ2) is 12.8. The van der Waals surface area contributed by atoms with Gasteiger partial charge in [-0.3, -0.25) is 9.69 Å². The number of hydrogen-bond donors (Lipinski definition) is 0. The van der Waals surface area contributed by atoms with Crippen molar-refractivity contribution in [3.8, 4) is 0 Å². The summed E-state index contributed by atoms with van der Waals surface area (Å²) in [5.41, 5.74) is 4.74. The van der Waals surface area contributed by atoms with Crippen LogP contribution in [0.5, 0.6) is 0 Å². The fourth-order valence-corrected chi connectivity index (χ4v) is 5.96. The molecule has 6 rings (SSSR count). The molecule has 0 aliphatic carbocycles. The summed E-state index contributed by atoms with van der Waals surface area (Å²) in [6, 6.07) is 39.9. The van der Waals surface area contributed by atoms with Crippen LogP contribution in [0, 0.1) is 0 Å². The molecule has 0 saturated heterocycles. The molecule has 0 amide bonds. The average Bonchev–Trinajstić information content (AvgIpc) is 3.71. The number of benzene rings is 4. The van der Waals surface area contributed by atoms with E-state index in [0.717, 1.165) is 43.0 Å². The second-order valence-electron chi connectivity index (χ2n) is 10.8. The van der Waals surface area contributed by atoms with Crippen molar-refractivity contribution in [2.24, 2.45) is 7.05 Å². The monoisotopic (exact) mass is 565 g/mol. The molecule has 0 spiro atoms. The lowest BCUT2D eigenvalue weighted by atomic mass is 9.76. The molecule has 0 N–H and O–H groups in total. The van der Waals surface area contributed by atoms with E-state index in [0.29, 0.717) is 12.1 Å². The van der Waals surface area contributed by atoms with E-state index in [2.05, 4.69) is 116 Å². The van der Waals surface area contributed by atoms with E-state index in [4.69, 9.17) is 4.98 Å². The Morgan fingerprint density at radius 3 is 1.72 bits per heavy atom. The molecule has 214 valence electrons. The number of carbonyl (C=O) groups is 1. The summed E-state index contributed by atoms with van der Waals surface area (Å²) in [5, 5.41) is 0. The summed E-state index contributed by atoms with van der Waals surface area (Å²) in [6.07, 6.45) is 9.47. The van der Waals surface area contributed by atoms with Crippen LogP contribution in [0.25, 0.3) is 0 Å². The summed E-state index contributed by atoms with van der Waals surface area (Å²) in [5.74, 6) is 2.00. The van der Waals surface area contributed by atoms with Gasteiger partial charge in [-0.25, -0.2) is 9.97 Å². The summed E-state index contributed by atoms with van der Waals surface area (Å²) in [4.78, 5) is 23.2. The normalized spacial score (nSPS) is 11.6. The molecule has 0 saturated carbocycles. The number of hydrogen-bond acceptors (Lipinski definition) is 4. The van der Waals surface area contributed by atoms with Crippen LogP contribution in [-0.2, 0) is 32.1 Å². The van der Waals surface area contributed by atoms with E-state index >= 15 is 0 Å². The van der Waals surface area contributed by atoms with Gasteiger partial charge < -0.3 is 9.13 Å². The molecule has 2 aromatic heterocycles. The Kier molecular flexibility index (Phi) is 8.38. The molecule has 0 aliphatic rings. The van der Waals surface area contributed by atoms with Crippen LogP contribution in [0.15, 0.2) is 140 Å². The number of rotatable bonds is 12. The molecule has 6 heteroatoms. The molecule has 43 heavy (non-hydrogen) atoms. The molecule has 2 heterocycles. The highest BCUT2D eigenvalue weighted by Gasteiger charge is 2.39. The van der Waals surface area contributed by atoms with Crippen LogP contribution >= 0.6 is 0 Å². The van der Waals surface area contributed by atoms with Gasteiger partial charge in [-0.2, -0.15) is 0 Å². The average molecular weight is 566 g/mol. The first kappa shape index (κ1) is 28.1. The highest BCUT2D eigenvalue weighted by atomic mass is 16.1. The second-order valence-corrected chi connectivity index (χ2v) is 10.8. The van der Waals surface area contributed by atoms with E-state index in [1.165, 1.54) is 16.7 Å². The molecular weight excluding hydrogens is 530 g/mol. The van der Waals surface area contributed by atoms with Crippen LogP contribution in [0.2, 0.25) is 0 Å². The zero-order valence-corrected chi connectivity index (χ0v) is 24.3. The lowest BCUT2D eigenvalue weighted by molar-refractivity contribution is 0.112. The standard InChI is InChI=1S/C37H35N5O/c1-40-25-22-39-36(40)28-41(27-30-17-19-31(29-43)20-18-30)24-21-35-38-23-26-42(35)37(32-11-5-2-6-12-32,33-13-7-3-8-14-33)34-15-9-4-10-16-34/h2-20,22-23,25-26,29H,21,24,27-28H2,1H3. The SMILES string of the molecule is Cn1ccnc1CN(CCc1nccn1C(c1ccccc1)(c1ccccc1)c1ccccc1)Cc1ccc(C=O)cc1. The van der Waals surface area contributed by atoms with Crippen molar-refractivity contribution in [1.82, 2.24) is 24.0 Å². The molecule has 0 radical (unpaired) electrons. The third-order valence-electron chi connectivity index (χ3n) is 8.11. The highest BCUT2D eigenvalue weighted by Crippen LogP contribution is 2.41. The van der Waals surface area contributed by atoms with E-state index < -0.39 is 5.54 Å². The first-order valence-corrected chi connectivity index (χ1v) is 14.6. The molecule has 0 atom stereocenters. The van der Waals surface area contributed by atoms with Crippen molar-refractivity contribution in [2.45, 2.75) is 25.0 Å². The van der Waals surface area contributed by atoms with Gasteiger partial charge in [0.25, 0.3) is 0 Å². The van der Waals surface area contributed by atoms with Gasteiger partial charge in [0.1, 0.15) is 23.5 Å². The summed E-state index contributed by atoms with van der Waals surface area (Å²) < 4.78 is 4.42. The Labute approximate surface area is 252 Å². The molecule has 0 bridgehead atoms. The lowest BCUT2D eigenvalue weighted by Gasteiger charge is -2.38. The van der Waals surface area contributed by atoms with Crippen LogP contribution in [0.3, 0.4) is 0 Å². The zero-order valence-electron chi connectivity index (χ0n) is 24.3. The first-order valence-electron chi connectivity index (χ1n) is 14.6. The predicted molar refractivity (Wildman–Crippen MR) is 170 cm³/mol. The van der Waals surface area contributed by atoms with E-state index in [1.807, 2.05) is 49.9 Å². The van der Waals surface area contributed by atoms with Crippen LogP contribution in [0.4, 0.5) is 0 Å². The van der Waals surface area contributed by atoms with E-state index in [9.17, 15) is 4.79 Å². The smallest absolute Gasteiger partial charge is 0.150 e. The van der Waals surface area contributed by atoms with Gasteiger partial charge in [-0.1, -0.05) is 115 Å². The van der Waals surface area contributed by atoms with Gasteiger partial charge >= 0.3 is 0 Å². The zero-order chi connectivity index (χ0) is 29.5. The number of imidazole rings is 2. The summed E-state index contributed by atoms with van der Waals surface area (Å²) >= 11 is 0. The van der Waals surface area contributed by atoms with Crippen LogP contribution in [-0.4, -0.2) is 36.8 Å². The third kappa shape index (κ3) is 5.83. The summed E-state index contributed by atoms with van der Waals surface area (Å²) in [6.45, 7) is 2.20. The Morgan fingerprint density at radius 1 is 0.674 bits per heavy atom. The maximum atomic E-state index is 11.2. The maximum Gasteiger partial charge on any atom is 0.150 e. The lowest BCUT2D eigenvalue weighted by Crippen LogP contribution is -2.39. The number of nitrogens with zero attached hydrogens (tertiary/aromatic N) is 5. The number of aromatic nitrogens is 4. The van der Waals surface area contributed by atoms with Gasteiger partial charge in [0.15, 0.2) is 0 Å². The summed E-state index contributed by atoms with van der Waals surface area (Å²) in [7, 11) is 2.03. The minimum atomic E-state index is -0.606. The van der Waals surface area contributed by atoms with Gasteiger partial charge in [0.05, 0.1) is 6.54 Å². The third-order valence-corrected chi connectivity index (χ3v) is 8.11. The Balaban J connectivity index is 1.40. The van der Waals surface area contributed by atoms with Crippen molar-refractivity contribution in [3.05, 3.63) is 180 Å². The largest absolute Gasteiger partial charge is 0.337 e. The molecule has 6 nitrogen and oxygen atoms in total. The van der Waals surface area contributed by atoms with Gasteiger partial charge in [-0.15, -0.1) is 0 Å². The Morgan fingerprint density at radius 2 is 1.21 bits per heavy atom. The van der Waals surface area contributed by atoms with E-state index in [1.54, 1.807) is 0 Å². The van der Waals surface area contributed by atoms with Crippen molar-refractivity contribution in [3.63, 3.8) is 0 Å². The molecule has 0 aliphatic heterocycles. The molecule has 4 aromatic carbocycles. The number of carbonyl (C=O) groups excluding carboxylic acids is 1. The minimum Gasteiger partial charge on any atom is -0.337 e. The van der Waals surface area contributed by atoms with Crippen molar-refractivity contribution < 1.29 is 4.79 Å². The quantitative estimate of drug-likeness (QED) is 0.125. The number of aldehydes is 1. The first-order chi connectivity index (χ1) is 21.2. The predicted octanol–water partition coefficient (Wildman–Crippen LogP) is 6.51. The molecular formula is C37H35N5O. The maximum absolute atomic E-state index is 11.2. The highest BCUT2D eigenvalue weighted by molar-refractivity contribution is 5.74. The Hall–Kier alpha value is -5.07. The molecule has 6 aromatic rings. The van der Waals surface area contributed by atoms with Crippen molar-refractivity contribution in [1.29, 1.82) is 0 Å². The molecule has 0 unspecified atom stereocenters. The molecule has 0 fully saturated rings. The number of aryl methyl sites for hydroxylation is 1.